The number of aryl methyl sites for hydroxylation is 2. The maximum absolute atomic E-state index is 12.6. The molecule has 0 saturated heterocycles. The highest BCUT2D eigenvalue weighted by Crippen LogP contribution is 2.19. The minimum absolute atomic E-state index is 0.182. The van der Waals surface area contributed by atoms with Gasteiger partial charge < -0.3 is 19.9 Å². The summed E-state index contributed by atoms with van der Waals surface area (Å²) in [5, 5.41) is 9.45. The van der Waals surface area contributed by atoms with E-state index in [0.29, 0.717) is 41.5 Å². The molecule has 0 radical (unpaired) electrons. The molecule has 0 unspecified atom stereocenters. The van der Waals surface area contributed by atoms with Crippen LogP contribution in [0.1, 0.15) is 44.7 Å². The van der Waals surface area contributed by atoms with Crippen molar-refractivity contribution < 1.29 is 18.8 Å². The molecular weight excluding hydrogens is 370 g/mol. The van der Waals surface area contributed by atoms with Gasteiger partial charge in [-0.05, 0) is 57.2 Å². The number of carbonyl (C=O) groups excluding carboxylic acids is 2. The average molecular weight is 393 g/mol. The lowest BCUT2D eigenvalue weighted by molar-refractivity contribution is 0.0954. The second-order valence-electron chi connectivity index (χ2n) is 6.51. The van der Waals surface area contributed by atoms with Crippen LogP contribution in [0.15, 0.2) is 53.1 Å². The number of benzene rings is 2. The zero-order valence-electron chi connectivity index (χ0n) is 16.6. The molecule has 7 heteroatoms. The van der Waals surface area contributed by atoms with E-state index in [9.17, 15) is 9.59 Å². The van der Waals surface area contributed by atoms with Gasteiger partial charge in [-0.2, -0.15) is 0 Å². The molecule has 0 spiro atoms. The summed E-state index contributed by atoms with van der Waals surface area (Å²) in [5.74, 6) is 0.802. The van der Waals surface area contributed by atoms with E-state index in [1.54, 1.807) is 48.5 Å². The Hall–Kier alpha value is -3.61. The predicted molar refractivity (Wildman–Crippen MR) is 109 cm³/mol. The lowest BCUT2D eigenvalue weighted by Gasteiger charge is -2.10. The number of ether oxygens (including phenoxy) is 1. The Morgan fingerprint density at radius 2 is 1.76 bits per heavy atom. The molecule has 29 heavy (non-hydrogen) atoms. The van der Waals surface area contributed by atoms with Gasteiger partial charge in [-0.15, -0.1) is 0 Å². The normalized spacial score (nSPS) is 10.4. The van der Waals surface area contributed by atoms with Gasteiger partial charge >= 0.3 is 0 Å². The van der Waals surface area contributed by atoms with Crippen molar-refractivity contribution in [1.29, 1.82) is 0 Å². The highest BCUT2D eigenvalue weighted by atomic mass is 16.5. The summed E-state index contributed by atoms with van der Waals surface area (Å²) in [6.45, 7) is 6.38. The highest BCUT2D eigenvalue weighted by molar-refractivity contribution is 6.05. The quantitative estimate of drug-likeness (QED) is 0.635. The van der Waals surface area contributed by atoms with E-state index in [2.05, 4.69) is 15.8 Å². The van der Waals surface area contributed by atoms with Gasteiger partial charge in [0.25, 0.3) is 11.8 Å². The average Bonchev–Trinajstić information content (AvgIpc) is 3.04. The third kappa shape index (κ3) is 5.01. The molecule has 0 saturated carbocycles. The summed E-state index contributed by atoms with van der Waals surface area (Å²) in [6, 6.07) is 13.7. The third-order valence-electron chi connectivity index (χ3n) is 4.38. The van der Waals surface area contributed by atoms with Crippen LogP contribution >= 0.6 is 0 Å². The number of amides is 2. The van der Waals surface area contributed by atoms with Gasteiger partial charge in [0.2, 0.25) is 0 Å². The maximum Gasteiger partial charge on any atom is 0.255 e. The second kappa shape index (κ2) is 9.05. The van der Waals surface area contributed by atoms with Crippen molar-refractivity contribution in [2.24, 2.45) is 0 Å². The molecule has 1 heterocycles. The van der Waals surface area contributed by atoms with Gasteiger partial charge in [0.05, 0.1) is 11.3 Å². The van der Waals surface area contributed by atoms with E-state index in [4.69, 9.17) is 9.26 Å². The topological polar surface area (TPSA) is 93.5 Å². The minimum atomic E-state index is -0.291. The van der Waals surface area contributed by atoms with E-state index in [0.717, 1.165) is 11.3 Å². The molecule has 7 nitrogen and oxygen atoms in total. The van der Waals surface area contributed by atoms with Crippen LogP contribution in [0.5, 0.6) is 5.75 Å². The molecule has 0 aliphatic heterocycles. The summed E-state index contributed by atoms with van der Waals surface area (Å²) < 4.78 is 10.9. The highest BCUT2D eigenvalue weighted by Gasteiger charge is 2.12. The van der Waals surface area contributed by atoms with Crippen LogP contribution in [0.2, 0.25) is 0 Å². The Morgan fingerprint density at radius 3 is 2.45 bits per heavy atom. The van der Waals surface area contributed by atoms with Gasteiger partial charge in [0.1, 0.15) is 18.1 Å². The van der Waals surface area contributed by atoms with E-state index < -0.39 is 0 Å². The number of hydrogen-bond acceptors (Lipinski definition) is 5. The van der Waals surface area contributed by atoms with Crippen molar-refractivity contribution >= 4 is 17.5 Å². The van der Waals surface area contributed by atoms with E-state index in [1.165, 1.54) is 0 Å². The molecule has 3 aromatic rings. The maximum atomic E-state index is 12.6. The number of nitrogens with zero attached hydrogens (tertiary/aromatic N) is 1. The molecule has 2 amide bonds. The van der Waals surface area contributed by atoms with Crippen molar-refractivity contribution in [3.05, 3.63) is 76.7 Å². The van der Waals surface area contributed by atoms with Crippen molar-refractivity contribution in [1.82, 2.24) is 10.5 Å². The first-order valence-electron chi connectivity index (χ1n) is 9.32. The lowest BCUT2D eigenvalue weighted by Crippen LogP contribution is -2.22. The van der Waals surface area contributed by atoms with Gasteiger partial charge in [0.15, 0.2) is 0 Å². The molecule has 2 N–H and O–H groups in total. The number of anilines is 1. The zero-order valence-corrected chi connectivity index (χ0v) is 16.6. The molecule has 0 aliphatic carbocycles. The largest absolute Gasteiger partial charge is 0.489 e. The van der Waals surface area contributed by atoms with E-state index >= 15 is 0 Å². The fourth-order valence-corrected chi connectivity index (χ4v) is 2.79. The first kappa shape index (κ1) is 20.1. The fourth-order valence-electron chi connectivity index (χ4n) is 2.79. The summed E-state index contributed by atoms with van der Waals surface area (Å²) >= 11 is 0. The predicted octanol–water partition coefficient (Wildman–Crippen LogP) is 3.87. The van der Waals surface area contributed by atoms with Gasteiger partial charge in [-0.3, -0.25) is 9.59 Å². The lowest BCUT2D eigenvalue weighted by atomic mass is 10.1. The smallest absolute Gasteiger partial charge is 0.255 e. The van der Waals surface area contributed by atoms with Crippen LogP contribution in [-0.4, -0.2) is 23.5 Å². The Labute approximate surface area is 169 Å². The molecule has 0 bridgehead atoms. The molecular formula is C22H23N3O4. The van der Waals surface area contributed by atoms with Gasteiger partial charge in [-0.1, -0.05) is 17.3 Å². The molecule has 2 aromatic carbocycles. The molecule has 0 aliphatic rings. The number of nitrogens with one attached hydrogen (secondary N) is 2. The van der Waals surface area contributed by atoms with Crippen LogP contribution in [0, 0.1) is 13.8 Å². The summed E-state index contributed by atoms with van der Waals surface area (Å²) in [4.78, 5) is 24.6. The van der Waals surface area contributed by atoms with Crippen molar-refractivity contribution in [3.63, 3.8) is 0 Å². The Kier molecular flexibility index (Phi) is 6.29. The molecule has 0 fully saturated rings. The van der Waals surface area contributed by atoms with E-state index in [1.807, 2.05) is 20.8 Å². The first-order valence-corrected chi connectivity index (χ1v) is 9.32. The number of aromatic nitrogens is 1. The first-order chi connectivity index (χ1) is 14.0. The van der Waals surface area contributed by atoms with Crippen molar-refractivity contribution in [3.8, 4) is 5.75 Å². The van der Waals surface area contributed by atoms with Gasteiger partial charge in [-0.25, -0.2) is 0 Å². The number of hydrogen-bond donors (Lipinski definition) is 2. The summed E-state index contributed by atoms with van der Waals surface area (Å²) in [6.07, 6.45) is 0. The number of carbonyl (C=O) groups is 2. The van der Waals surface area contributed by atoms with Crippen molar-refractivity contribution in [2.45, 2.75) is 27.4 Å². The molecule has 0 atom stereocenters. The minimum Gasteiger partial charge on any atom is -0.489 e. The molecule has 1 aromatic heterocycles. The fraction of sp³-hybridized carbons (Fsp3) is 0.227. The van der Waals surface area contributed by atoms with Crippen LogP contribution in [0.3, 0.4) is 0 Å². The van der Waals surface area contributed by atoms with Crippen LogP contribution in [0.4, 0.5) is 5.69 Å². The Bertz CT molecular complexity index is 1010. The Morgan fingerprint density at radius 1 is 1.03 bits per heavy atom. The van der Waals surface area contributed by atoms with Crippen LogP contribution in [0.25, 0.3) is 0 Å². The zero-order chi connectivity index (χ0) is 20.8. The van der Waals surface area contributed by atoms with Crippen LogP contribution in [-0.2, 0) is 6.61 Å². The SMILES string of the molecule is CCNC(=O)c1cccc(NC(=O)c2cccc(OCc3c(C)noc3C)c2)c1. The summed E-state index contributed by atoms with van der Waals surface area (Å²) in [7, 11) is 0. The third-order valence-corrected chi connectivity index (χ3v) is 4.38. The molecule has 150 valence electrons. The Balaban J connectivity index is 1.68. The van der Waals surface area contributed by atoms with Crippen LogP contribution < -0.4 is 15.4 Å². The standard InChI is InChI=1S/C22H23N3O4/c1-4-23-21(26)16-7-5-9-18(11-16)24-22(27)17-8-6-10-19(12-17)28-13-20-14(2)25-29-15(20)3/h5-12H,4,13H2,1-3H3,(H,23,26)(H,24,27). The van der Waals surface area contributed by atoms with Gasteiger partial charge in [0, 0.05) is 23.4 Å². The second-order valence-corrected chi connectivity index (χ2v) is 6.51. The monoisotopic (exact) mass is 393 g/mol. The summed E-state index contributed by atoms with van der Waals surface area (Å²) in [5.41, 5.74) is 3.15. The van der Waals surface area contributed by atoms with Crippen molar-refractivity contribution in [2.75, 3.05) is 11.9 Å². The van der Waals surface area contributed by atoms with E-state index in [-0.39, 0.29) is 11.8 Å². The number of rotatable bonds is 7. The molecule has 3 rings (SSSR count).